The van der Waals surface area contributed by atoms with Gasteiger partial charge in [0.1, 0.15) is 0 Å². The molecule has 7 nitrogen and oxygen atoms in total. The minimum atomic E-state index is -0.292. The van der Waals surface area contributed by atoms with Gasteiger partial charge in [-0.15, -0.1) is 0 Å². The molecule has 0 aliphatic carbocycles. The smallest absolute Gasteiger partial charge is 0.326 e. The predicted molar refractivity (Wildman–Crippen MR) is 87.2 cm³/mol. The lowest BCUT2D eigenvalue weighted by atomic mass is 10.2. The summed E-state index contributed by atoms with van der Waals surface area (Å²) in [6.45, 7) is 8.63. The van der Waals surface area contributed by atoms with Crippen molar-refractivity contribution in [2.75, 3.05) is 0 Å². The van der Waals surface area contributed by atoms with Crippen molar-refractivity contribution < 1.29 is 0 Å². The Morgan fingerprint density at radius 2 is 1.91 bits per heavy atom. The SMILES string of the molecule is CCC(N)Cn1cnc2c1c(=O)n(CC)c(=O)n2C(C)CC. The largest absolute Gasteiger partial charge is 0.332 e. The summed E-state index contributed by atoms with van der Waals surface area (Å²) in [6, 6.07) is -0.0625. The summed E-state index contributed by atoms with van der Waals surface area (Å²) in [5.74, 6) is 0. The van der Waals surface area contributed by atoms with E-state index in [0.717, 1.165) is 12.8 Å². The zero-order chi connectivity index (χ0) is 16.4. The van der Waals surface area contributed by atoms with E-state index in [9.17, 15) is 9.59 Å². The molecule has 0 aromatic carbocycles. The first-order chi connectivity index (χ1) is 10.5. The topological polar surface area (TPSA) is 87.8 Å². The van der Waals surface area contributed by atoms with Crippen LogP contribution in [-0.4, -0.2) is 24.7 Å². The Balaban J connectivity index is 2.81. The van der Waals surface area contributed by atoms with Crippen LogP contribution in [0.3, 0.4) is 0 Å². The molecule has 0 bridgehead atoms. The lowest BCUT2D eigenvalue weighted by molar-refractivity contribution is 0.487. The summed E-state index contributed by atoms with van der Waals surface area (Å²) < 4.78 is 4.66. The van der Waals surface area contributed by atoms with E-state index >= 15 is 0 Å². The van der Waals surface area contributed by atoms with Crippen LogP contribution in [0.2, 0.25) is 0 Å². The monoisotopic (exact) mass is 307 g/mol. The quantitative estimate of drug-likeness (QED) is 0.865. The molecule has 2 heterocycles. The molecule has 2 aromatic heterocycles. The normalized spacial score (nSPS) is 14.4. The van der Waals surface area contributed by atoms with Crippen molar-refractivity contribution >= 4 is 11.2 Å². The minimum absolute atomic E-state index is 0.0170. The van der Waals surface area contributed by atoms with Crippen molar-refractivity contribution in [2.24, 2.45) is 5.73 Å². The van der Waals surface area contributed by atoms with E-state index in [4.69, 9.17) is 5.73 Å². The minimum Gasteiger partial charge on any atom is -0.326 e. The maximum atomic E-state index is 12.6. The summed E-state index contributed by atoms with van der Waals surface area (Å²) in [5, 5.41) is 0. The number of fused-ring (bicyclic) bond motifs is 1. The molecule has 22 heavy (non-hydrogen) atoms. The fourth-order valence-corrected chi connectivity index (χ4v) is 2.58. The molecule has 0 saturated heterocycles. The van der Waals surface area contributed by atoms with E-state index in [2.05, 4.69) is 4.98 Å². The molecular formula is C15H25N5O2. The summed E-state index contributed by atoms with van der Waals surface area (Å²) in [6.07, 6.45) is 3.21. The Bertz CT molecular complexity index is 771. The molecule has 2 N–H and O–H groups in total. The molecule has 0 fully saturated rings. The van der Waals surface area contributed by atoms with Crippen LogP contribution in [0.25, 0.3) is 11.2 Å². The average molecular weight is 307 g/mol. The molecule has 2 aromatic rings. The van der Waals surface area contributed by atoms with Crippen LogP contribution in [0.5, 0.6) is 0 Å². The van der Waals surface area contributed by atoms with Crippen LogP contribution in [0.1, 0.15) is 46.6 Å². The van der Waals surface area contributed by atoms with Crippen molar-refractivity contribution in [3.05, 3.63) is 27.2 Å². The zero-order valence-electron chi connectivity index (χ0n) is 13.7. The number of nitrogens with zero attached hydrogens (tertiary/aromatic N) is 4. The van der Waals surface area contributed by atoms with Crippen molar-refractivity contribution in [3.8, 4) is 0 Å². The fourth-order valence-electron chi connectivity index (χ4n) is 2.58. The number of aromatic nitrogens is 4. The van der Waals surface area contributed by atoms with Gasteiger partial charge in [-0.1, -0.05) is 13.8 Å². The number of rotatable bonds is 6. The van der Waals surface area contributed by atoms with Gasteiger partial charge >= 0.3 is 5.69 Å². The van der Waals surface area contributed by atoms with Crippen LogP contribution < -0.4 is 17.0 Å². The third kappa shape index (κ3) is 2.61. The molecule has 2 rings (SSSR count). The average Bonchev–Trinajstić information content (AvgIpc) is 2.90. The van der Waals surface area contributed by atoms with Crippen LogP contribution in [0.4, 0.5) is 0 Å². The second-order valence-corrected chi connectivity index (χ2v) is 5.70. The fraction of sp³-hybridized carbons (Fsp3) is 0.667. The van der Waals surface area contributed by atoms with E-state index in [1.165, 1.54) is 4.57 Å². The molecule has 0 amide bonds. The van der Waals surface area contributed by atoms with Crippen molar-refractivity contribution in [1.29, 1.82) is 0 Å². The molecule has 7 heteroatoms. The third-order valence-corrected chi connectivity index (χ3v) is 4.23. The summed E-state index contributed by atoms with van der Waals surface area (Å²) in [7, 11) is 0. The Morgan fingerprint density at radius 3 is 2.45 bits per heavy atom. The zero-order valence-corrected chi connectivity index (χ0v) is 13.7. The Kier molecular flexibility index (Phi) is 4.85. The lowest BCUT2D eigenvalue weighted by Crippen LogP contribution is -2.41. The Morgan fingerprint density at radius 1 is 1.23 bits per heavy atom. The third-order valence-electron chi connectivity index (χ3n) is 4.23. The van der Waals surface area contributed by atoms with Gasteiger partial charge in [0.15, 0.2) is 11.2 Å². The van der Waals surface area contributed by atoms with E-state index in [1.54, 1.807) is 22.4 Å². The van der Waals surface area contributed by atoms with Gasteiger partial charge in [-0.25, -0.2) is 9.78 Å². The van der Waals surface area contributed by atoms with Gasteiger partial charge in [0, 0.05) is 25.2 Å². The van der Waals surface area contributed by atoms with Crippen LogP contribution in [0.15, 0.2) is 15.9 Å². The first kappa shape index (κ1) is 16.5. The highest BCUT2D eigenvalue weighted by atomic mass is 16.2. The van der Waals surface area contributed by atoms with Gasteiger partial charge in [0.05, 0.1) is 6.33 Å². The summed E-state index contributed by atoms with van der Waals surface area (Å²) >= 11 is 0. The number of hydrogen-bond acceptors (Lipinski definition) is 4. The highest BCUT2D eigenvalue weighted by Crippen LogP contribution is 2.14. The molecular weight excluding hydrogens is 282 g/mol. The Labute approximate surface area is 129 Å². The number of nitrogens with two attached hydrogens (primary N) is 1. The van der Waals surface area contributed by atoms with Crippen LogP contribution >= 0.6 is 0 Å². The lowest BCUT2D eigenvalue weighted by Gasteiger charge is -2.16. The second kappa shape index (κ2) is 6.48. The van der Waals surface area contributed by atoms with E-state index in [-0.39, 0.29) is 23.3 Å². The molecule has 0 saturated carbocycles. The van der Waals surface area contributed by atoms with Gasteiger partial charge in [0.2, 0.25) is 0 Å². The van der Waals surface area contributed by atoms with Gasteiger partial charge in [-0.3, -0.25) is 13.9 Å². The maximum Gasteiger partial charge on any atom is 0.332 e. The molecule has 0 aliphatic rings. The van der Waals surface area contributed by atoms with Crippen molar-refractivity contribution in [2.45, 2.75) is 65.7 Å². The van der Waals surface area contributed by atoms with E-state index < -0.39 is 0 Å². The maximum absolute atomic E-state index is 12.6. The molecule has 0 spiro atoms. The highest BCUT2D eigenvalue weighted by Gasteiger charge is 2.20. The van der Waals surface area contributed by atoms with Crippen LogP contribution in [0, 0.1) is 0 Å². The second-order valence-electron chi connectivity index (χ2n) is 5.70. The van der Waals surface area contributed by atoms with Gasteiger partial charge in [-0.2, -0.15) is 0 Å². The molecule has 2 unspecified atom stereocenters. The standard InChI is InChI=1S/C15H25N5O2/c1-5-10(4)20-13-12(14(21)19(7-3)15(20)22)18(9-17-13)8-11(16)6-2/h9-11H,5-8,16H2,1-4H3. The number of imidazole rings is 1. The van der Waals surface area contributed by atoms with Crippen LogP contribution in [-0.2, 0) is 13.1 Å². The Hall–Kier alpha value is -1.89. The van der Waals surface area contributed by atoms with Crippen molar-refractivity contribution in [3.63, 3.8) is 0 Å². The molecule has 0 aliphatic heterocycles. The first-order valence-corrected chi connectivity index (χ1v) is 7.91. The van der Waals surface area contributed by atoms with Crippen molar-refractivity contribution in [1.82, 2.24) is 18.7 Å². The highest BCUT2D eigenvalue weighted by molar-refractivity contribution is 5.70. The van der Waals surface area contributed by atoms with Gasteiger partial charge in [0.25, 0.3) is 5.56 Å². The first-order valence-electron chi connectivity index (χ1n) is 7.91. The predicted octanol–water partition coefficient (Wildman–Crippen LogP) is 1.09. The summed E-state index contributed by atoms with van der Waals surface area (Å²) in [4.78, 5) is 29.5. The molecule has 2 atom stereocenters. The molecule has 122 valence electrons. The molecule has 0 radical (unpaired) electrons. The van der Waals surface area contributed by atoms with E-state index in [0.29, 0.717) is 24.3 Å². The van der Waals surface area contributed by atoms with Gasteiger partial charge < -0.3 is 10.3 Å². The van der Waals surface area contributed by atoms with Gasteiger partial charge in [-0.05, 0) is 26.7 Å². The van der Waals surface area contributed by atoms with E-state index in [1.807, 2.05) is 20.8 Å². The summed E-state index contributed by atoms with van der Waals surface area (Å²) in [5.41, 5.74) is 6.34. The number of hydrogen-bond donors (Lipinski definition) is 1.